The lowest BCUT2D eigenvalue weighted by Crippen LogP contribution is -2.16. The molecule has 0 aliphatic rings. The van der Waals surface area contributed by atoms with Gasteiger partial charge in [0, 0.05) is 12.2 Å². The van der Waals surface area contributed by atoms with Crippen molar-refractivity contribution in [1.82, 2.24) is 0 Å². The third-order valence-electron chi connectivity index (χ3n) is 4.06. The normalized spacial score (nSPS) is 10.5. The third-order valence-corrected chi connectivity index (χ3v) is 4.06. The molecule has 0 atom stereocenters. The molecule has 0 aromatic heterocycles. The highest BCUT2D eigenvalue weighted by Crippen LogP contribution is 2.15. The molecule has 0 saturated heterocycles. The summed E-state index contributed by atoms with van der Waals surface area (Å²) in [5.41, 5.74) is 1.25. The van der Waals surface area contributed by atoms with Crippen molar-refractivity contribution in [2.45, 2.75) is 71.1 Å². The molecule has 0 amide bonds. The molecule has 1 nitrogen and oxygen atoms in total. The molecule has 118 valence electrons. The Morgan fingerprint density at radius 3 is 1.86 bits per heavy atom. The molecule has 0 bridgehead atoms. The predicted octanol–water partition coefficient (Wildman–Crippen LogP) is 6.56. The number of rotatable bonds is 13. The fourth-order valence-electron chi connectivity index (χ4n) is 2.71. The summed E-state index contributed by atoms with van der Waals surface area (Å²) in [5.74, 6) is 0. The maximum Gasteiger partial charge on any atom is 0.0405 e. The van der Waals surface area contributed by atoms with Crippen LogP contribution >= 0.6 is 0 Å². The minimum atomic E-state index is 1.09. The van der Waals surface area contributed by atoms with Gasteiger partial charge in [-0.15, -0.1) is 0 Å². The Bertz CT molecular complexity index is 344. The number of para-hydroxylation sites is 1. The molecule has 0 saturated carbocycles. The molecule has 0 radical (unpaired) electrons. The van der Waals surface area contributed by atoms with Gasteiger partial charge in [-0.05, 0) is 24.8 Å². The summed E-state index contributed by atoms with van der Waals surface area (Å²) in [5, 5.41) is 0. The third kappa shape index (κ3) is 8.60. The van der Waals surface area contributed by atoms with Crippen molar-refractivity contribution in [3.8, 4) is 0 Å². The number of unbranched alkanes of at least 4 members (excludes halogenated alkanes) is 9. The monoisotopic (exact) mass is 287 g/mol. The maximum atomic E-state index is 3.93. The molecule has 21 heavy (non-hydrogen) atoms. The van der Waals surface area contributed by atoms with Crippen molar-refractivity contribution in [2.75, 3.05) is 11.4 Å². The maximum absolute atomic E-state index is 3.93. The van der Waals surface area contributed by atoms with Crippen LogP contribution in [0.15, 0.2) is 43.1 Å². The van der Waals surface area contributed by atoms with Gasteiger partial charge in [0.2, 0.25) is 0 Å². The van der Waals surface area contributed by atoms with Gasteiger partial charge in [0.25, 0.3) is 0 Å². The molecule has 0 aliphatic carbocycles. The highest BCUT2D eigenvalue weighted by molar-refractivity contribution is 5.48. The molecule has 0 unspecified atom stereocenters. The van der Waals surface area contributed by atoms with Gasteiger partial charge in [-0.2, -0.15) is 0 Å². The first-order valence-electron chi connectivity index (χ1n) is 8.82. The lowest BCUT2D eigenvalue weighted by molar-refractivity contribution is 0.557. The summed E-state index contributed by atoms with van der Waals surface area (Å²) in [7, 11) is 0. The number of benzene rings is 1. The van der Waals surface area contributed by atoms with E-state index >= 15 is 0 Å². The minimum absolute atomic E-state index is 1.09. The van der Waals surface area contributed by atoms with Crippen molar-refractivity contribution >= 4 is 5.69 Å². The van der Waals surface area contributed by atoms with E-state index in [1.165, 1.54) is 69.9 Å². The lowest BCUT2D eigenvalue weighted by Gasteiger charge is -2.19. The van der Waals surface area contributed by atoms with Crippen LogP contribution in [0.2, 0.25) is 0 Å². The first-order valence-corrected chi connectivity index (χ1v) is 8.82. The van der Waals surface area contributed by atoms with Gasteiger partial charge in [-0.1, -0.05) is 89.5 Å². The van der Waals surface area contributed by atoms with Crippen molar-refractivity contribution < 1.29 is 0 Å². The zero-order valence-corrected chi connectivity index (χ0v) is 13.9. The van der Waals surface area contributed by atoms with E-state index in [0.29, 0.717) is 0 Å². The number of nitrogens with zero attached hydrogens (tertiary/aromatic N) is 1. The predicted molar refractivity (Wildman–Crippen MR) is 95.8 cm³/mol. The van der Waals surface area contributed by atoms with Crippen LogP contribution in [0.3, 0.4) is 0 Å². The fraction of sp³-hybridized carbons (Fsp3) is 0.600. The zero-order chi connectivity index (χ0) is 15.2. The van der Waals surface area contributed by atoms with Crippen LogP contribution in [0.4, 0.5) is 5.69 Å². The van der Waals surface area contributed by atoms with Crippen molar-refractivity contribution in [1.29, 1.82) is 0 Å². The summed E-state index contributed by atoms with van der Waals surface area (Å²) in [6.45, 7) is 7.29. The van der Waals surface area contributed by atoms with E-state index in [1.54, 1.807) is 0 Å². The average molecular weight is 287 g/mol. The molecular weight excluding hydrogens is 254 g/mol. The smallest absolute Gasteiger partial charge is 0.0405 e. The number of hydrogen-bond donors (Lipinski definition) is 0. The molecule has 0 spiro atoms. The van der Waals surface area contributed by atoms with Crippen molar-refractivity contribution in [2.24, 2.45) is 0 Å². The highest BCUT2D eigenvalue weighted by atomic mass is 15.1. The van der Waals surface area contributed by atoms with Gasteiger partial charge in [0.1, 0.15) is 0 Å². The van der Waals surface area contributed by atoms with Crippen LogP contribution < -0.4 is 4.90 Å². The zero-order valence-electron chi connectivity index (χ0n) is 13.9. The Hall–Kier alpha value is -1.24. The summed E-state index contributed by atoms with van der Waals surface area (Å²) >= 11 is 0. The Balaban J connectivity index is 1.99. The molecule has 0 fully saturated rings. The molecule has 1 rings (SSSR count). The van der Waals surface area contributed by atoms with Crippen LogP contribution in [-0.2, 0) is 0 Å². The molecule has 1 aromatic carbocycles. The second kappa shape index (κ2) is 12.5. The molecule has 0 N–H and O–H groups in total. The molecule has 0 aliphatic heterocycles. The van der Waals surface area contributed by atoms with Crippen molar-refractivity contribution in [3.63, 3.8) is 0 Å². The van der Waals surface area contributed by atoms with Gasteiger partial charge in [-0.25, -0.2) is 0 Å². The van der Waals surface area contributed by atoms with E-state index in [4.69, 9.17) is 0 Å². The average Bonchev–Trinajstić information content (AvgIpc) is 2.54. The highest BCUT2D eigenvalue weighted by Gasteiger charge is 2.01. The molecule has 0 heterocycles. The standard InChI is InChI=1S/C20H33N/c1-3-5-6-7-8-9-10-11-12-16-19-21(4-2)20-17-14-13-15-18-20/h4,13-15,17-18H,2-3,5-12,16,19H2,1H3. The second-order valence-electron chi connectivity index (χ2n) is 5.89. The van der Waals surface area contributed by atoms with E-state index in [-0.39, 0.29) is 0 Å². The second-order valence-corrected chi connectivity index (χ2v) is 5.89. The van der Waals surface area contributed by atoms with Gasteiger partial charge >= 0.3 is 0 Å². The van der Waals surface area contributed by atoms with Crippen LogP contribution in [-0.4, -0.2) is 6.54 Å². The largest absolute Gasteiger partial charge is 0.349 e. The van der Waals surface area contributed by atoms with E-state index < -0.39 is 0 Å². The van der Waals surface area contributed by atoms with Crippen LogP contribution in [0.5, 0.6) is 0 Å². The minimum Gasteiger partial charge on any atom is -0.349 e. The van der Waals surface area contributed by atoms with Gasteiger partial charge in [0.15, 0.2) is 0 Å². The number of hydrogen-bond acceptors (Lipinski definition) is 1. The van der Waals surface area contributed by atoms with E-state index in [0.717, 1.165) is 6.54 Å². The Kier molecular flexibility index (Phi) is 10.6. The first-order chi connectivity index (χ1) is 10.4. The van der Waals surface area contributed by atoms with E-state index in [9.17, 15) is 0 Å². The number of anilines is 1. The van der Waals surface area contributed by atoms with Crippen LogP contribution in [0, 0.1) is 0 Å². The summed E-state index contributed by atoms with van der Waals surface area (Å²) in [4.78, 5) is 2.25. The lowest BCUT2D eigenvalue weighted by atomic mass is 10.1. The summed E-state index contributed by atoms with van der Waals surface area (Å²) in [6, 6.07) is 10.5. The quantitative estimate of drug-likeness (QED) is 0.371. The molecule has 1 heteroatoms. The van der Waals surface area contributed by atoms with Crippen molar-refractivity contribution in [3.05, 3.63) is 43.1 Å². The Morgan fingerprint density at radius 1 is 0.810 bits per heavy atom. The van der Waals surface area contributed by atoms with E-state index in [2.05, 4.69) is 48.7 Å². The van der Waals surface area contributed by atoms with E-state index in [1.807, 2.05) is 6.20 Å². The van der Waals surface area contributed by atoms with Gasteiger partial charge in [0.05, 0.1) is 0 Å². The first kappa shape index (κ1) is 17.8. The van der Waals surface area contributed by atoms with Crippen LogP contribution in [0.1, 0.15) is 71.1 Å². The summed E-state index contributed by atoms with van der Waals surface area (Å²) < 4.78 is 0. The van der Waals surface area contributed by atoms with Gasteiger partial charge in [-0.3, -0.25) is 0 Å². The molecule has 1 aromatic rings. The summed E-state index contributed by atoms with van der Waals surface area (Å²) in [6.07, 6.45) is 15.8. The Labute approximate surface area is 132 Å². The van der Waals surface area contributed by atoms with Gasteiger partial charge < -0.3 is 4.90 Å². The Morgan fingerprint density at radius 2 is 1.33 bits per heavy atom. The topological polar surface area (TPSA) is 3.24 Å². The fourth-order valence-corrected chi connectivity index (χ4v) is 2.71. The SMILES string of the molecule is C=CN(CCCCCCCCCCCC)c1ccccc1. The molecular formula is C20H33N. The van der Waals surface area contributed by atoms with Crippen LogP contribution in [0.25, 0.3) is 0 Å².